The summed E-state index contributed by atoms with van der Waals surface area (Å²) in [5.74, 6) is -0.242. The summed E-state index contributed by atoms with van der Waals surface area (Å²) in [5, 5.41) is 9.57. The van der Waals surface area contributed by atoms with E-state index in [1.807, 2.05) is 0 Å². The van der Waals surface area contributed by atoms with Crippen molar-refractivity contribution in [3.63, 3.8) is 0 Å². The molecule has 1 N–H and O–H groups in total. The van der Waals surface area contributed by atoms with Gasteiger partial charge in [-0.1, -0.05) is 12.7 Å². The van der Waals surface area contributed by atoms with Crippen LogP contribution < -0.4 is 4.74 Å². The number of ether oxygens (including phenoxy) is 2. The number of phenolic OH excluding ortho intramolecular Hbond substituents is 1. The Hall–Kier alpha value is -1.97. The van der Waals surface area contributed by atoms with Crippen LogP contribution in [0.1, 0.15) is 17.3 Å². The highest BCUT2D eigenvalue weighted by Gasteiger charge is 2.10. The van der Waals surface area contributed by atoms with Gasteiger partial charge in [0.2, 0.25) is 0 Å². The Labute approximate surface area is 94.1 Å². The van der Waals surface area contributed by atoms with E-state index >= 15 is 0 Å². The molecule has 0 saturated heterocycles. The number of phenols is 1. The number of hydrogen-bond donors (Lipinski definition) is 1. The highest BCUT2D eigenvalue weighted by molar-refractivity contribution is 5.90. The van der Waals surface area contributed by atoms with Crippen LogP contribution in [-0.4, -0.2) is 24.3 Å². The summed E-state index contributed by atoms with van der Waals surface area (Å²) in [4.78, 5) is 11.3. The molecule has 0 aliphatic heterocycles. The predicted octanol–water partition coefficient (Wildman–Crippen LogP) is 2.13. The standard InChI is InChI=1S/C12H14O4/c1-3-7-16-11-6-5-9(8-10(11)13)12(14)15-4-2/h3,5-6,8,13H,1,4,7H2,2H3. The Morgan fingerprint density at radius 2 is 2.31 bits per heavy atom. The largest absolute Gasteiger partial charge is 0.504 e. The molecule has 86 valence electrons. The molecule has 0 heterocycles. The summed E-state index contributed by atoms with van der Waals surface area (Å²) in [6.45, 7) is 5.81. The highest BCUT2D eigenvalue weighted by atomic mass is 16.5. The molecule has 0 aromatic heterocycles. The molecule has 0 atom stereocenters. The Bertz CT molecular complexity index is 385. The monoisotopic (exact) mass is 222 g/mol. The van der Waals surface area contributed by atoms with Crippen LogP contribution in [0.5, 0.6) is 11.5 Å². The summed E-state index contributed by atoms with van der Waals surface area (Å²) < 4.78 is 9.96. The first-order valence-electron chi connectivity index (χ1n) is 4.92. The molecule has 0 unspecified atom stereocenters. The maximum atomic E-state index is 11.3. The van der Waals surface area contributed by atoms with Crippen molar-refractivity contribution in [3.8, 4) is 11.5 Å². The molecule has 0 amide bonds. The molecule has 16 heavy (non-hydrogen) atoms. The van der Waals surface area contributed by atoms with Gasteiger partial charge in [-0.05, 0) is 25.1 Å². The first-order chi connectivity index (χ1) is 7.69. The Morgan fingerprint density at radius 3 is 2.88 bits per heavy atom. The number of benzene rings is 1. The van der Waals surface area contributed by atoms with Gasteiger partial charge in [-0.25, -0.2) is 4.79 Å². The normalized spacial score (nSPS) is 9.56. The predicted molar refractivity (Wildman–Crippen MR) is 59.8 cm³/mol. The lowest BCUT2D eigenvalue weighted by Crippen LogP contribution is -2.04. The van der Waals surface area contributed by atoms with Crippen LogP contribution >= 0.6 is 0 Å². The van der Waals surface area contributed by atoms with Crippen molar-refractivity contribution in [1.29, 1.82) is 0 Å². The molecule has 4 nitrogen and oxygen atoms in total. The van der Waals surface area contributed by atoms with Gasteiger partial charge >= 0.3 is 5.97 Å². The van der Waals surface area contributed by atoms with Crippen LogP contribution in [0.15, 0.2) is 30.9 Å². The maximum Gasteiger partial charge on any atom is 0.338 e. The first-order valence-corrected chi connectivity index (χ1v) is 4.92. The summed E-state index contributed by atoms with van der Waals surface area (Å²) >= 11 is 0. The highest BCUT2D eigenvalue weighted by Crippen LogP contribution is 2.27. The Balaban J connectivity index is 2.81. The third-order valence-electron chi connectivity index (χ3n) is 1.83. The average molecular weight is 222 g/mol. The molecule has 0 fully saturated rings. The number of carbonyl (C=O) groups is 1. The lowest BCUT2D eigenvalue weighted by atomic mass is 10.2. The fourth-order valence-corrected chi connectivity index (χ4v) is 1.13. The molecular formula is C12H14O4. The quantitative estimate of drug-likeness (QED) is 0.612. The maximum absolute atomic E-state index is 11.3. The number of aromatic hydroxyl groups is 1. The van der Waals surface area contributed by atoms with Crippen molar-refractivity contribution in [2.24, 2.45) is 0 Å². The number of rotatable bonds is 5. The smallest absolute Gasteiger partial charge is 0.338 e. The molecule has 0 aliphatic carbocycles. The van der Waals surface area contributed by atoms with Crippen molar-refractivity contribution in [1.82, 2.24) is 0 Å². The molecule has 1 aromatic carbocycles. The summed E-state index contributed by atoms with van der Waals surface area (Å²) in [5.41, 5.74) is 0.297. The summed E-state index contributed by atoms with van der Waals surface area (Å²) in [6, 6.07) is 4.37. The van der Waals surface area contributed by atoms with Gasteiger partial charge in [-0.3, -0.25) is 0 Å². The zero-order valence-electron chi connectivity index (χ0n) is 9.10. The second-order valence-electron chi connectivity index (χ2n) is 3.00. The molecule has 1 aromatic rings. The van der Waals surface area contributed by atoms with Gasteiger partial charge in [-0.15, -0.1) is 0 Å². The molecule has 0 aliphatic rings. The molecule has 4 heteroatoms. The molecule has 0 radical (unpaired) electrons. The Morgan fingerprint density at radius 1 is 1.56 bits per heavy atom. The van der Waals surface area contributed by atoms with Crippen LogP contribution in [0, 0.1) is 0 Å². The van der Waals surface area contributed by atoms with Gasteiger partial charge in [0.05, 0.1) is 12.2 Å². The molecular weight excluding hydrogens is 208 g/mol. The van der Waals surface area contributed by atoms with E-state index in [-0.39, 0.29) is 5.75 Å². The van der Waals surface area contributed by atoms with E-state index in [1.165, 1.54) is 18.2 Å². The van der Waals surface area contributed by atoms with Gasteiger partial charge in [0.1, 0.15) is 6.61 Å². The first kappa shape index (κ1) is 12.1. The second-order valence-corrected chi connectivity index (χ2v) is 3.00. The van der Waals surface area contributed by atoms with Crippen LogP contribution in [-0.2, 0) is 4.74 Å². The van der Waals surface area contributed by atoms with E-state index in [1.54, 1.807) is 13.0 Å². The van der Waals surface area contributed by atoms with Gasteiger partial charge in [0.25, 0.3) is 0 Å². The van der Waals surface area contributed by atoms with Crippen molar-refractivity contribution < 1.29 is 19.4 Å². The molecule has 0 saturated carbocycles. The van der Waals surface area contributed by atoms with Crippen LogP contribution in [0.25, 0.3) is 0 Å². The van der Waals surface area contributed by atoms with Crippen LogP contribution in [0.2, 0.25) is 0 Å². The zero-order chi connectivity index (χ0) is 12.0. The molecule has 0 spiro atoms. The molecule has 0 bridgehead atoms. The van der Waals surface area contributed by atoms with E-state index in [0.717, 1.165) is 0 Å². The van der Waals surface area contributed by atoms with Gasteiger partial charge in [0, 0.05) is 0 Å². The lowest BCUT2D eigenvalue weighted by Gasteiger charge is -2.07. The number of hydrogen-bond acceptors (Lipinski definition) is 4. The summed E-state index contributed by atoms with van der Waals surface area (Å²) in [7, 11) is 0. The van der Waals surface area contributed by atoms with E-state index < -0.39 is 5.97 Å². The molecule has 1 rings (SSSR count). The minimum Gasteiger partial charge on any atom is -0.504 e. The minimum absolute atomic E-state index is 0.0904. The van der Waals surface area contributed by atoms with E-state index in [0.29, 0.717) is 24.5 Å². The summed E-state index contributed by atoms with van der Waals surface area (Å²) in [6.07, 6.45) is 1.57. The van der Waals surface area contributed by atoms with Gasteiger partial charge in [0.15, 0.2) is 11.5 Å². The zero-order valence-corrected chi connectivity index (χ0v) is 9.10. The fourth-order valence-electron chi connectivity index (χ4n) is 1.13. The van der Waals surface area contributed by atoms with Crippen LogP contribution in [0.4, 0.5) is 0 Å². The number of carbonyl (C=O) groups excluding carboxylic acids is 1. The third-order valence-corrected chi connectivity index (χ3v) is 1.83. The van der Waals surface area contributed by atoms with E-state index in [9.17, 15) is 9.90 Å². The average Bonchev–Trinajstić information content (AvgIpc) is 2.27. The third kappa shape index (κ3) is 3.02. The van der Waals surface area contributed by atoms with Crippen molar-refractivity contribution in [2.45, 2.75) is 6.92 Å². The van der Waals surface area contributed by atoms with Crippen molar-refractivity contribution in [2.75, 3.05) is 13.2 Å². The topological polar surface area (TPSA) is 55.8 Å². The Kier molecular flexibility index (Phi) is 4.39. The van der Waals surface area contributed by atoms with E-state index in [2.05, 4.69) is 6.58 Å². The van der Waals surface area contributed by atoms with Crippen molar-refractivity contribution in [3.05, 3.63) is 36.4 Å². The fraction of sp³-hybridized carbons (Fsp3) is 0.250. The lowest BCUT2D eigenvalue weighted by molar-refractivity contribution is 0.0526. The van der Waals surface area contributed by atoms with Gasteiger partial charge < -0.3 is 14.6 Å². The van der Waals surface area contributed by atoms with Crippen molar-refractivity contribution >= 4 is 5.97 Å². The van der Waals surface area contributed by atoms with Crippen LogP contribution in [0.3, 0.4) is 0 Å². The SMILES string of the molecule is C=CCOc1ccc(C(=O)OCC)cc1O. The van der Waals surface area contributed by atoms with Gasteiger partial charge in [-0.2, -0.15) is 0 Å². The minimum atomic E-state index is -0.465. The van der Waals surface area contributed by atoms with E-state index in [4.69, 9.17) is 9.47 Å². The second kappa shape index (κ2) is 5.80. The number of esters is 1.